The zero-order chi connectivity index (χ0) is 13.0. The molecule has 1 aromatic rings. The molecule has 3 heteroatoms. The lowest BCUT2D eigenvalue weighted by Crippen LogP contribution is -2.48. The number of nitrogens with two attached hydrogens (primary N) is 1. The largest absolute Gasteiger partial charge is 0.330 e. The Bertz CT molecular complexity index is 462. The predicted octanol–water partition coefficient (Wildman–Crippen LogP) is 1.23. The monoisotopic (exact) mass is 242 g/mol. The normalized spacial score (nSPS) is 23.1. The Labute approximate surface area is 108 Å². The Balaban J connectivity index is 2.02. The third-order valence-electron chi connectivity index (χ3n) is 3.07. The van der Waals surface area contributed by atoms with Gasteiger partial charge in [-0.05, 0) is 24.5 Å². The summed E-state index contributed by atoms with van der Waals surface area (Å²) in [7, 11) is 0. The topological polar surface area (TPSA) is 46.3 Å². The van der Waals surface area contributed by atoms with Gasteiger partial charge < -0.3 is 10.6 Å². The summed E-state index contributed by atoms with van der Waals surface area (Å²) >= 11 is 0. The molecule has 94 valence electrons. The Morgan fingerprint density at radius 1 is 1.33 bits per heavy atom. The van der Waals surface area contributed by atoms with Gasteiger partial charge in [-0.25, -0.2) is 0 Å². The highest BCUT2D eigenvalue weighted by Crippen LogP contribution is 2.14. The van der Waals surface area contributed by atoms with E-state index in [1.165, 1.54) is 0 Å². The third-order valence-corrected chi connectivity index (χ3v) is 3.07. The molecule has 2 unspecified atom stereocenters. The number of hydrogen-bond donors (Lipinski definition) is 1. The molecule has 0 aliphatic carbocycles. The van der Waals surface area contributed by atoms with Crippen molar-refractivity contribution in [3.05, 3.63) is 35.9 Å². The van der Waals surface area contributed by atoms with Crippen LogP contribution in [0.3, 0.4) is 0 Å². The van der Waals surface area contributed by atoms with Crippen molar-refractivity contribution in [2.24, 2.45) is 11.7 Å². The molecule has 1 aliphatic rings. The number of rotatable bonds is 0. The summed E-state index contributed by atoms with van der Waals surface area (Å²) in [4.78, 5) is 13.7. The van der Waals surface area contributed by atoms with Crippen molar-refractivity contribution in [2.45, 2.75) is 19.4 Å². The van der Waals surface area contributed by atoms with Crippen LogP contribution in [0, 0.1) is 17.8 Å². The zero-order valence-corrected chi connectivity index (χ0v) is 10.6. The van der Waals surface area contributed by atoms with Crippen molar-refractivity contribution in [1.29, 1.82) is 0 Å². The second-order valence-corrected chi connectivity index (χ2v) is 4.93. The molecule has 2 atom stereocenters. The average molecular weight is 242 g/mol. The smallest absolute Gasteiger partial charge is 0.298 e. The van der Waals surface area contributed by atoms with Gasteiger partial charge in [0.1, 0.15) is 0 Å². The maximum Gasteiger partial charge on any atom is 0.298 e. The molecule has 0 bridgehead atoms. The van der Waals surface area contributed by atoms with Crippen molar-refractivity contribution in [2.75, 3.05) is 13.1 Å². The second kappa shape index (κ2) is 5.70. The van der Waals surface area contributed by atoms with Crippen molar-refractivity contribution in [1.82, 2.24) is 4.90 Å². The van der Waals surface area contributed by atoms with Crippen LogP contribution in [-0.4, -0.2) is 29.9 Å². The van der Waals surface area contributed by atoms with Crippen LogP contribution in [0.25, 0.3) is 0 Å². The Kier molecular flexibility index (Phi) is 4.01. The van der Waals surface area contributed by atoms with E-state index in [4.69, 9.17) is 5.73 Å². The maximum atomic E-state index is 12.0. The fourth-order valence-electron chi connectivity index (χ4n) is 2.29. The highest BCUT2D eigenvalue weighted by molar-refractivity contribution is 5.94. The molecule has 1 saturated heterocycles. The highest BCUT2D eigenvalue weighted by atomic mass is 16.2. The number of nitrogens with zero attached hydrogens (tertiary/aromatic N) is 1. The fourth-order valence-corrected chi connectivity index (χ4v) is 2.29. The van der Waals surface area contributed by atoms with E-state index in [2.05, 4.69) is 18.8 Å². The molecule has 0 spiro atoms. The van der Waals surface area contributed by atoms with Crippen LogP contribution in [0.2, 0.25) is 0 Å². The Hall–Kier alpha value is -1.79. The average Bonchev–Trinajstić information content (AvgIpc) is 2.36. The summed E-state index contributed by atoms with van der Waals surface area (Å²) in [5.41, 5.74) is 6.78. The number of amides is 1. The summed E-state index contributed by atoms with van der Waals surface area (Å²) in [6.07, 6.45) is 0.982. The van der Waals surface area contributed by atoms with Gasteiger partial charge in [-0.3, -0.25) is 4.79 Å². The first kappa shape index (κ1) is 12.7. The van der Waals surface area contributed by atoms with Crippen molar-refractivity contribution in [3.63, 3.8) is 0 Å². The minimum atomic E-state index is -0.124. The minimum Gasteiger partial charge on any atom is -0.330 e. The molecule has 0 aromatic heterocycles. The van der Waals surface area contributed by atoms with Crippen LogP contribution in [0.5, 0.6) is 0 Å². The van der Waals surface area contributed by atoms with Gasteiger partial charge in [0.25, 0.3) is 5.91 Å². The molecular formula is C15H18N2O. The summed E-state index contributed by atoms with van der Waals surface area (Å²) in [6, 6.07) is 9.62. The summed E-state index contributed by atoms with van der Waals surface area (Å²) < 4.78 is 0. The van der Waals surface area contributed by atoms with Gasteiger partial charge in [0.2, 0.25) is 0 Å². The standard InChI is InChI=1S/C15H18N2O/c1-12-9-14(16)11-17(10-12)15(18)8-7-13-5-3-2-4-6-13/h2-6,12,14H,9-11,16H2,1H3. The summed E-state index contributed by atoms with van der Waals surface area (Å²) in [6.45, 7) is 3.49. The lowest BCUT2D eigenvalue weighted by atomic mass is 9.96. The SMILES string of the molecule is CC1CC(N)CN(C(=O)C#Cc2ccccc2)C1. The van der Waals surface area contributed by atoms with Crippen LogP contribution in [0.1, 0.15) is 18.9 Å². The molecule has 3 nitrogen and oxygen atoms in total. The molecule has 1 aliphatic heterocycles. The van der Waals surface area contributed by atoms with Gasteiger partial charge in [0.15, 0.2) is 0 Å². The number of carbonyl (C=O) groups excluding carboxylic acids is 1. The third kappa shape index (κ3) is 3.35. The van der Waals surface area contributed by atoms with Gasteiger partial charge in [-0.2, -0.15) is 0 Å². The van der Waals surface area contributed by atoms with Gasteiger partial charge in [0.05, 0.1) is 0 Å². The highest BCUT2D eigenvalue weighted by Gasteiger charge is 2.24. The minimum absolute atomic E-state index is 0.0798. The Morgan fingerprint density at radius 3 is 2.72 bits per heavy atom. The van der Waals surface area contributed by atoms with Crippen LogP contribution in [0.15, 0.2) is 30.3 Å². The van der Waals surface area contributed by atoms with E-state index >= 15 is 0 Å². The van der Waals surface area contributed by atoms with E-state index < -0.39 is 0 Å². The van der Waals surface area contributed by atoms with Gasteiger partial charge in [-0.15, -0.1) is 0 Å². The molecule has 18 heavy (non-hydrogen) atoms. The molecule has 1 aromatic carbocycles. The molecule has 0 saturated carbocycles. The van der Waals surface area contributed by atoms with Gasteiger partial charge in [0, 0.05) is 30.6 Å². The quantitative estimate of drug-likeness (QED) is 0.696. The molecule has 2 rings (SSSR count). The van der Waals surface area contributed by atoms with E-state index in [9.17, 15) is 4.79 Å². The first-order valence-corrected chi connectivity index (χ1v) is 6.26. The maximum absolute atomic E-state index is 12.0. The lowest BCUT2D eigenvalue weighted by molar-refractivity contribution is -0.127. The van der Waals surface area contributed by atoms with Crippen LogP contribution >= 0.6 is 0 Å². The first-order chi connectivity index (χ1) is 8.65. The fraction of sp³-hybridized carbons (Fsp3) is 0.400. The van der Waals surface area contributed by atoms with E-state index in [1.54, 1.807) is 4.90 Å². The number of likely N-dealkylation sites (tertiary alicyclic amines) is 1. The van der Waals surface area contributed by atoms with Gasteiger partial charge >= 0.3 is 0 Å². The van der Waals surface area contributed by atoms with Crippen molar-refractivity contribution >= 4 is 5.91 Å². The van der Waals surface area contributed by atoms with Crippen LogP contribution in [0.4, 0.5) is 0 Å². The Morgan fingerprint density at radius 2 is 2.06 bits per heavy atom. The molecule has 1 heterocycles. The number of hydrogen-bond acceptors (Lipinski definition) is 2. The van der Waals surface area contributed by atoms with Crippen molar-refractivity contribution < 1.29 is 4.79 Å². The second-order valence-electron chi connectivity index (χ2n) is 4.93. The predicted molar refractivity (Wildman–Crippen MR) is 71.7 cm³/mol. The number of carbonyl (C=O) groups is 1. The van der Waals surface area contributed by atoms with E-state index in [1.807, 2.05) is 30.3 Å². The van der Waals surface area contributed by atoms with Crippen LogP contribution in [-0.2, 0) is 4.79 Å². The number of benzene rings is 1. The zero-order valence-electron chi connectivity index (χ0n) is 10.6. The molecular weight excluding hydrogens is 224 g/mol. The molecule has 2 N–H and O–H groups in total. The van der Waals surface area contributed by atoms with Gasteiger partial charge in [-0.1, -0.05) is 31.0 Å². The van der Waals surface area contributed by atoms with E-state index in [0.29, 0.717) is 12.5 Å². The lowest BCUT2D eigenvalue weighted by Gasteiger charge is -2.33. The molecule has 1 amide bonds. The van der Waals surface area contributed by atoms with E-state index in [0.717, 1.165) is 18.5 Å². The number of piperidine rings is 1. The van der Waals surface area contributed by atoms with E-state index in [-0.39, 0.29) is 11.9 Å². The molecule has 1 fully saturated rings. The van der Waals surface area contributed by atoms with Crippen LogP contribution < -0.4 is 5.73 Å². The summed E-state index contributed by atoms with van der Waals surface area (Å²) in [5.74, 6) is 5.91. The first-order valence-electron chi connectivity index (χ1n) is 6.26. The molecule has 0 radical (unpaired) electrons. The summed E-state index contributed by atoms with van der Waals surface area (Å²) in [5, 5.41) is 0. The van der Waals surface area contributed by atoms with Crippen molar-refractivity contribution in [3.8, 4) is 11.8 Å².